The Labute approximate surface area is 98.3 Å². The predicted octanol–water partition coefficient (Wildman–Crippen LogP) is 3.95. The lowest BCUT2D eigenvalue weighted by Crippen LogP contribution is -2.09. The van der Waals surface area contributed by atoms with Gasteiger partial charge in [0.25, 0.3) is 0 Å². The summed E-state index contributed by atoms with van der Waals surface area (Å²) in [6, 6.07) is 8.77. The van der Waals surface area contributed by atoms with Gasteiger partial charge in [-0.1, -0.05) is 25.6 Å². The maximum atomic E-state index is 5.48. The van der Waals surface area contributed by atoms with Gasteiger partial charge in [-0.25, -0.2) is 0 Å². The van der Waals surface area contributed by atoms with Crippen LogP contribution in [0.1, 0.15) is 32.8 Å². The quantitative estimate of drug-likeness (QED) is 0.731. The molecule has 2 heteroatoms. The smallest absolute Gasteiger partial charge is 0.113 e. The average molecular weight is 219 g/mol. The molecule has 0 fully saturated rings. The van der Waals surface area contributed by atoms with Crippen molar-refractivity contribution in [1.82, 2.24) is 0 Å². The number of allylic oxidation sites excluding steroid dienone is 1. The van der Waals surface area contributed by atoms with Crippen molar-refractivity contribution in [3.63, 3.8) is 0 Å². The Morgan fingerprint density at radius 2 is 1.94 bits per heavy atom. The highest BCUT2D eigenvalue weighted by Gasteiger charge is 1.97. The first-order valence-electron chi connectivity index (χ1n) is 5.78. The minimum absolute atomic E-state index is 0.460. The molecule has 88 valence electrons. The summed E-state index contributed by atoms with van der Waals surface area (Å²) < 4.78 is 5.48. The number of hydrogen-bond donors (Lipinski definition) is 1. The first kappa shape index (κ1) is 12.6. The standard InChI is InChI=1S/C14H21NO/c1-5-12(4)16-10-13-6-8-14(9-7-13)15-11(2)3/h6-9,11,15H,4-5,10H2,1-3H3. The minimum Gasteiger partial charge on any atom is -0.494 e. The molecule has 0 spiro atoms. The highest BCUT2D eigenvalue weighted by atomic mass is 16.5. The summed E-state index contributed by atoms with van der Waals surface area (Å²) in [5.41, 5.74) is 2.32. The molecule has 1 N–H and O–H groups in total. The highest BCUT2D eigenvalue weighted by Crippen LogP contribution is 2.12. The third-order valence-corrected chi connectivity index (χ3v) is 2.25. The molecule has 2 nitrogen and oxygen atoms in total. The number of benzene rings is 1. The number of anilines is 1. The summed E-state index contributed by atoms with van der Waals surface area (Å²) >= 11 is 0. The maximum Gasteiger partial charge on any atom is 0.113 e. The van der Waals surface area contributed by atoms with Crippen LogP contribution < -0.4 is 5.32 Å². The molecule has 0 unspecified atom stereocenters. The fourth-order valence-electron chi connectivity index (χ4n) is 1.32. The Morgan fingerprint density at radius 3 is 2.44 bits per heavy atom. The van der Waals surface area contributed by atoms with Crippen LogP contribution in [0, 0.1) is 0 Å². The van der Waals surface area contributed by atoms with Gasteiger partial charge in [0, 0.05) is 18.2 Å². The maximum absolute atomic E-state index is 5.48. The minimum atomic E-state index is 0.460. The van der Waals surface area contributed by atoms with Gasteiger partial charge in [-0.3, -0.25) is 0 Å². The van der Waals surface area contributed by atoms with Gasteiger partial charge in [0.1, 0.15) is 6.61 Å². The van der Waals surface area contributed by atoms with E-state index in [-0.39, 0.29) is 0 Å². The third kappa shape index (κ3) is 4.39. The van der Waals surface area contributed by atoms with E-state index in [9.17, 15) is 0 Å². The van der Waals surface area contributed by atoms with Gasteiger partial charge in [-0.15, -0.1) is 0 Å². The Morgan fingerprint density at radius 1 is 1.31 bits per heavy atom. The average Bonchev–Trinajstić information content (AvgIpc) is 2.27. The Kier molecular flexibility index (Phi) is 4.90. The van der Waals surface area contributed by atoms with Crippen LogP contribution in [0.5, 0.6) is 0 Å². The van der Waals surface area contributed by atoms with Crippen LogP contribution in [0.4, 0.5) is 5.69 Å². The molecule has 0 aliphatic carbocycles. The van der Waals surface area contributed by atoms with Gasteiger partial charge in [-0.05, 0) is 31.5 Å². The van der Waals surface area contributed by atoms with Gasteiger partial charge < -0.3 is 10.1 Å². The Balaban J connectivity index is 2.48. The van der Waals surface area contributed by atoms with Crippen molar-refractivity contribution in [2.45, 2.75) is 39.8 Å². The van der Waals surface area contributed by atoms with Gasteiger partial charge in [0.05, 0.1) is 5.76 Å². The third-order valence-electron chi connectivity index (χ3n) is 2.25. The van der Waals surface area contributed by atoms with Crippen LogP contribution in [-0.2, 0) is 11.3 Å². The molecule has 1 aromatic rings. The number of ether oxygens (including phenoxy) is 1. The topological polar surface area (TPSA) is 21.3 Å². The van der Waals surface area contributed by atoms with E-state index < -0.39 is 0 Å². The first-order chi connectivity index (χ1) is 7.61. The Bertz CT molecular complexity index is 327. The normalized spacial score (nSPS) is 10.2. The van der Waals surface area contributed by atoms with Gasteiger partial charge in [-0.2, -0.15) is 0 Å². The van der Waals surface area contributed by atoms with E-state index in [2.05, 4.69) is 50.0 Å². The molecule has 0 saturated carbocycles. The van der Waals surface area contributed by atoms with E-state index in [0.29, 0.717) is 12.6 Å². The Hall–Kier alpha value is -1.44. The summed E-state index contributed by atoms with van der Waals surface area (Å²) in [5, 5.41) is 3.35. The van der Waals surface area contributed by atoms with E-state index in [1.54, 1.807) is 0 Å². The van der Waals surface area contributed by atoms with Crippen LogP contribution in [0.3, 0.4) is 0 Å². The summed E-state index contributed by atoms with van der Waals surface area (Å²) in [5.74, 6) is 0.837. The first-order valence-corrected chi connectivity index (χ1v) is 5.78. The molecule has 0 atom stereocenters. The predicted molar refractivity (Wildman–Crippen MR) is 69.4 cm³/mol. The lowest BCUT2D eigenvalue weighted by atomic mass is 10.2. The van der Waals surface area contributed by atoms with Crippen molar-refractivity contribution < 1.29 is 4.74 Å². The second kappa shape index (κ2) is 6.21. The van der Waals surface area contributed by atoms with Crippen molar-refractivity contribution in [1.29, 1.82) is 0 Å². The molecule has 0 aliphatic heterocycles. The summed E-state index contributed by atoms with van der Waals surface area (Å²) in [6.45, 7) is 10.7. The summed E-state index contributed by atoms with van der Waals surface area (Å²) in [4.78, 5) is 0. The zero-order chi connectivity index (χ0) is 12.0. The van der Waals surface area contributed by atoms with Crippen molar-refractivity contribution in [2.75, 3.05) is 5.32 Å². The van der Waals surface area contributed by atoms with Gasteiger partial charge >= 0.3 is 0 Å². The van der Waals surface area contributed by atoms with E-state index in [0.717, 1.165) is 17.9 Å². The molecular weight excluding hydrogens is 198 g/mol. The van der Waals surface area contributed by atoms with Crippen LogP contribution in [0.15, 0.2) is 36.6 Å². The molecule has 0 saturated heterocycles. The van der Waals surface area contributed by atoms with E-state index in [4.69, 9.17) is 4.74 Å². The monoisotopic (exact) mass is 219 g/mol. The van der Waals surface area contributed by atoms with Crippen molar-refractivity contribution >= 4 is 5.69 Å². The van der Waals surface area contributed by atoms with Gasteiger partial charge in [0.2, 0.25) is 0 Å². The molecule has 0 bridgehead atoms. The van der Waals surface area contributed by atoms with Gasteiger partial charge in [0.15, 0.2) is 0 Å². The molecule has 0 aromatic heterocycles. The second-order valence-electron chi connectivity index (χ2n) is 4.18. The van der Waals surface area contributed by atoms with E-state index in [1.165, 1.54) is 5.56 Å². The highest BCUT2D eigenvalue weighted by molar-refractivity contribution is 5.45. The molecule has 1 rings (SSSR count). The molecule has 0 heterocycles. The fraction of sp³-hybridized carbons (Fsp3) is 0.429. The number of nitrogens with one attached hydrogen (secondary N) is 1. The van der Waals surface area contributed by atoms with Crippen molar-refractivity contribution in [3.8, 4) is 0 Å². The van der Waals surface area contributed by atoms with E-state index in [1.807, 2.05) is 6.92 Å². The molecular formula is C14H21NO. The number of rotatable bonds is 6. The zero-order valence-corrected chi connectivity index (χ0v) is 10.4. The fourth-order valence-corrected chi connectivity index (χ4v) is 1.32. The zero-order valence-electron chi connectivity index (χ0n) is 10.4. The SMILES string of the molecule is C=C(CC)OCc1ccc(NC(C)C)cc1. The van der Waals surface area contributed by atoms with Crippen molar-refractivity contribution in [3.05, 3.63) is 42.2 Å². The lowest BCUT2D eigenvalue weighted by Gasteiger charge is -2.11. The molecule has 0 aliphatic rings. The van der Waals surface area contributed by atoms with Crippen LogP contribution in [0.25, 0.3) is 0 Å². The largest absolute Gasteiger partial charge is 0.494 e. The summed E-state index contributed by atoms with van der Waals surface area (Å²) in [6.07, 6.45) is 0.868. The number of hydrogen-bond acceptors (Lipinski definition) is 2. The van der Waals surface area contributed by atoms with Crippen LogP contribution in [0.2, 0.25) is 0 Å². The molecule has 1 aromatic carbocycles. The second-order valence-corrected chi connectivity index (χ2v) is 4.18. The van der Waals surface area contributed by atoms with Crippen LogP contribution >= 0.6 is 0 Å². The van der Waals surface area contributed by atoms with E-state index >= 15 is 0 Å². The molecule has 16 heavy (non-hydrogen) atoms. The lowest BCUT2D eigenvalue weighted by molar-refractivity contribution is 0.193. The van der Waals surface area contributed by atoms with Crippen LogP contribution in [-0.4, -0.2) is 6.04 Å². The van der Waals surface area contributed by atoms with Crippen molar-refractivity contribution in [2.24, 2.45) is 0 Å². The summed E-state index contributed by atoms with van der Waals surface area (Å²) in [7, 11) is 0. The molecule has 0 amide bonds. The molecule has 0 radical (unpaired) electrons.